The third kappa shape index (κ3) is 49.5. The summed E-state index contributed by atoms with van der Waals surface area (Å²) in [7, 11) is 0. The molecule has 0 fully saturated rings. The van der Waals surface area contributed by atoms with Gasteiger partial charge in [-0.15, -0.1) is 0 Å². The van der Waals surface area contributed by atoms with Crippen LogP contribution in [0.3, 0.4) is 0 Å². The Morgan fingerprint density at radius 1 is 0.100 bits per heavy atom. The first kappa shape index (κ1) is 63.6. The normalized spacial score (nSPS) is 0. The van der Waals surface area contributed by atoms with Crippen LogP contribution in [-0.4, -0.2) is 489 Å². The van der Waals surface area contributed by atoms with Crippen molar-refractivity contribution in [3.8, 4) is 0 Å². The van der Waals surface area contributed by atoms with Crippen molar-refractivity contribution in [1.82, 2.24) is 0 Å². The SMILES string of the molecule is [Ba+2].[Ba+2].[Ba+2].[Ba+2].[Ba+2].[Ba+2].[Ba+2].[Ba+2].[Ba+2].[Ba+2]. The van der Waals surface area contributed by atoms with Crippen LogP contribution in [0, 0.1) is 0 Å². The second kappa shape index (κ2) is 56.3. The van der Waals surface area contributed by atoms with E-state index in [1.165, 1.54) is 0 Å². The Morgan fingerprint density at radius 3 is 0.100 bits per heavy atom. The molecule has 0 bridgehead atoms. The van der Waals surface area contributed by atoms with E-state index in [4.69, 9.17) is 0 Å². The van der Waals surface area contributed by atoms with E-state index in [9.17, 15) is 0 Å². The van der Waals surface area contributed by atoms with Gasteiger partial charge in [0.05, 0.1) is 0 Å². The molecule has 0 amide bonds. The first-order valence-corrected chi connectivity index (χ1v) is 0. The van der Waals surface area contributed by atoms with Crippen LogP contribution in [0.2, 0.25) is 0 Å². The van der Waals surface area contributed by atoms with Gasteiger partial charge in [-0.05, 0) is 0 Å². The van der Waals surface area contributed by atoms with Crippen LogP contribution in [0.4, 0.5) is 0 Å². The van der Waals surface area contributed by atoms with E-state index < -0.39 is 0 Å². The summed E-state index contributed by atoms with van der Waals surface area (Å²) in [5.74, 6) is 0. The molecule has 0 valence electrons. The minimum absolute atomic E-state index is 0. The van der Waals surface area contributed by atoms with Crippen LogP contribution < -0.4 is 0 Å². The Morgan fingerprint density at radius 2 is 0.100 bits per heavy atom. The Hall–Kier alpha value is 15.7. The smallest absolute Gasteiger partial charge is 2.00 e. The molecule has 0 rings (SSSR count). The Balaban J connectivity index is 0. The fraction of sp³-hybridized carbons (Fsp3) is 0. The van der Waals surface area contributed by atoms with Gasteiger partial charge in [0.15, 0.2) is 0 Å². The molecule has 0 saturated carbocycles. The van der Waals surface area contributed by atoms with Gasteiger partial charge in [0, 0.05) is 0 Å². The summed E-state index contributed by atoms with van der Waals surface area (Å²) in [6.07, 6.45) is 0. The molecule has 0 nitrogen and oxygen atoms in total. The minimum atomic E-state index is 0. The molecule has 0 aromatic rings. The van der Waals surface area contributed by atoms with Crippen molar-refractivity contribution < 1.29 is 0 Å². The molecule has 0 saturated heterocycles. The molecule has 0 atom stereocenters. The molecule has 0 aliphatic heterocycles. The van der Waals surface area contributed by atoms with Crippen molar-refractivity contribution in [2.45, 2.75) is 0 Å². The van der Waals surface area contributed by atoms with Gasteiger partial charge in [0.1, 0.15) is 0 Å². The molecule has 0 aliphatic rings. The Bertz CT molecular complexity index is 0. The molecule has 0 radical (unpaired) electrons. The molecule has 0 aromatic heterocycles. The molecule has 10 heavy (non-hydrogen) atoms. The predicted molar refractivity (Wildman–Crippen MR) is 57.5 cm³/mol. The van der Waals surface area contributed by atoms with Crippen molar-refractivity contribution in [3.63, 3.8) is 0 Å². The molecular formula is Ba10+20. The Kier molecular flexibility index (Phi) is 358. The zero-order chi connectivity index (χ0) is 0. The third-order valence-corrected chi connectivity index (χ3v) is 0. The van der Waals surface area contributed by atoms with Gasteiger partial charge in [-0.2, -0.15) is 0 Å². The summed E-state index contributed by atoms with van der Waals surface area (Å²) in [5.41, 5.74) is 0. The molecule has 0 unspecified atom stereocenters. The molecular weight excluding hydrogens is 1370 g/mol. The van der Waals surface area contributed by atoms with Crippen molar-refractivity contribution in [2.75, 3.05) is 0 Å². The fourth-order valence-corrected chi connectivity index (χ4v) is 0. The molecule has 0 spiro atoms. The van der Waals surface area contributed by atoms with Gasteiger partial charge in [-0.25, -0.2) is 0 Å². The first-order valence-electron chi connectivity index (χ1n) is 0. The molecule has 0 aliphatic carbocycles. The number of hydrogen-bond acceptors (Lipinski definition) is 0. The number of hydrogen-bond donors (Lipinski definition) is 0. The van der Waals surface area contributed by atoms with Gasteiger partial charge in [0.25, 0.3) is 0 Å². The second-order valence-corrected chi connectivity index (χ2v) is 0. The van der Waals surface area contributed by atoms with E-state index in [1.807, 2.05) is 0 Å². The van der Waals surface area contributed by atoms with Gasteiger partial charge in [-0.3, -0.25) is 0 Å². The van der Waals surface area contributed by atoms with E-state index in [2.05, 4.69) is 0 Å². The van der Waals surface area contributed by atoms with E-state index >= 15 is 0 Å². The first-order chi connectivity index (χ1) is 0. The standard InChI is InChI=1S/10Ba/q10*+2. The van der Waals surface area contributed by atoms with Crippen LogP contribution in [-0.2, 0) is 0 Å². The largest absolute Gasteiger partial charge is 2.00 e. The van der Waals surface area contributed by atoms with E-state index in [1.54, 1.807) is 0 Å². The average molecular weight is 1370 g/mol. The van der Waals surface area contributed by atoms with Crippen LogP contribution in [0.25, 0.3) is 0 Å². The van der Waals surface area contributed by atoms with Crippen molar-refractivity contribution in [2.24, 2.45) is 0 Å². The maximum atomic E-state index is 0. The van der Waals surface area contributed by atoms with Crippen molar-refractivity contribution in [1.29, 1.82) is 0 Å². The number of rotatable bonds is 0. The summed E-state index contributed by atoms with van der Waals surface area (Å²) >= 11 is 0. The van der Waals surface area contributed by atoms with Crippen molar-refractivity contribution in [3.05, 3.63) is 0 Å². The zero-order valence-electron chi connectivity index (χ0n) is 7.07. The van der Waals surface area contributed by atoms with E-state index in [0.29, 0.717) is 0 Å². The third-order valence-electron chi connectivity index (χ3n) is 0. The molecule has 0 heterocycles. The van der Waals surface area contributed by atoms with Crippen LogP contribution in [0.15, 0.2) is 0 Å². The average Bonchev–Trinajstić information content (AvgIpc) is 0. The Labute approximate surface area is 467 Å². The zero-order valence-corrected chi connectivity index (χ0v) is 51.5. The van der Waals surface area contributed by atoms with E-state index in [0.717, 1.165) is 0 Å². The summed E-state index contributed by atoms with van der Waals surface area (Å²) in [6, 6.07) is 0. The fourth-order valence-electron chi connectivity index (χ4n) is 0. The van der Waals surface area contributed by atoms with Crippen LogP contribution >= 0.6 is 0 Å². The topological polar surface area (TPSA) is 0 Å². The second-order valence-electron chi connectivity index (χ2n) is 0. The van der Waals surface area contributed by atoms with Crippen LogP contribution in [0.1, 0.15) is 0 Å². The maximum Gasteiger partial charge on any atom is 2.00 e. The minimum Gasteiger partial charge on any atom is 2.00 e. The summed E-state index contributed by atoms with van der Waals surface area (Å²) < 4.78 is 0. The predicted octanol–water partition coefficient (Wildman–Crippen LogP) is -3.81. The maximum absolute atomic E-state index is 0. The van der Waals surface area contributed by atoms with E-state index in [-0.39, 0.29) is 489 Å². The van der Waals surface area contributed by atoms with Gasteiger partial charge in [0.2, 0.25) is 0 Å². The molecule has 0 N–H and O–H groups in total. The summed E-state index contributed by atoms with van der Waals surface area (Å²) in [6.45, 7) is 0. The molecule has 0 aromatic carbocycles. The molecule has 10 heteroatoms. The van der Waals surface area contributed by atoms with Gasteiger partial charge in [-0.1, -0.05) is 0 Å². The monoisotopic (exact) mass is 1380 g/mol. The van der Waals surface area contributed by atoms with Gasteiger partial charge < -0.3 is 0 Å². The quantitative estimate of drug-likeness (QED) is 0.219. The van der Waals surface area contributed by atoms with Gasteiger partial charge >= 0.3 is 489 Å². The summed E-state index contributed by atoms with van der Waals surface area (Å²) in [5, 5.41) is 0. The van der Waals surface area contributed by atoms with Crippen LogP contribution in [0.5, 0.6) is 0 Å². The summed E-state index contributed by atoms with van der Waals surface area (Å²) in [4.78, 5) is 0. The van der Waals surface area contributed by atoms with Crippen molar-refractivity contribution >= 4 is 489 Å².